The molecule has 0 radical (unpaired) electrons. The molecule has 1 aromatic heterocycles. The summed E-state index contributed by atoms with van der Waals surface area (Å²) in [5, 5.41) is 21.0. The first-order chi connectivity index (χ1) is 8.03. The molecule has 0 spiro atoms. The van der Waals surface area contributed by atoms with Gasteiger partial charge in [-0.3, -0.25) is 9.36 Å². The number of hydrogen-bond donors (Lipinski definition) is 2. The molecule has 0 saturated carbocycles. The molecule has 5 heteroatoms. The van der Waals surface area contributed by atoms with E-state index in [9.17, 15) is 9.90 Å². The van der Waals surface area contributed by atoms with Gasteiger partial charge >= 0.3 is 0 Å². The van der Waals surface area contributed by atoms with Crippen molar-refractivity contribution >= 4 is 0 Å². The Bertz CT molecular complexity index is 458. The van der Waals surface area contributed by atoms with E-state index in [-0.39, 0.29) is 11.4 Å². The minimum Gasteiger partial charge on any atom is -0.494 e. The minimum absolute atomic E-state index is 0.0756. The van der Waals surface area contributed by atoms with Gasteiger partial charge in [0.05, 0.1) is 0 Å². The van der Waals surface area contributed by atoms with Crippen molar-refractivity contribution in [3.8, 4) is 11.9 Å². The van der Waals surface area contributed by atoms with Gasteiger partial charge in [0.2, 0.25) is 0 Å². The van der Waals surface area contributed by atoms with Crippen LogP contribution in [0.1, 0.15) is 24.5 Å². The Balaban J connectivity index is 0.000000770. The second-order valence-corrected chi connectivity index (χ2v) is 3.63. The zero-order valence-electron chi connectivity index (χ0n) is 10.7. The molecule has 0 aliphatic rings. The molecular weight excluding hydrogens is 218 g/mol. The standard InChI is InChI=1S/C10H12N2O2.C2H7N/c1-3-4-12-9(13)5-7(2)8(6-11)10(12)14;1-3-2/h5,13H,3-4H2,1-2H3;3H,1-2H3. The van der Waals surface area contributed by atoms with Crippen molar-refractivity contribution in [1.29, 1.82) is 5.26 Å². The molecule has 1 heterocycles. The Hall–Kier alpha value is -1.80. The average molecular weight is 237 g/mol. The van der Waals surface area contributed by atoms with Crippen molar-refractivity contribution < 1.29 is 5.11 Å². The van der Waals surface area contributed by atoms with Crippen molar-refractivity contribution in [3.63, 3.8) is 0 Å². The highest BCUT2D eigenvalue weighted by Gasteiger charge is 2.10. The summed E-state index contributed by atoms with van der Waals surface area (Å²) in [7, 11) is 3.75. The van der Waals surface area contributed by atoms with Crippen molar-refractivity contribution in [2.45, 2.75) is 26.8 Å². The number of rotatable bonds is 2. The molecule has 0 aromatic carbocycles. The van der Waals surface area contributed by atoms with Gasteiger partial charge in [-0.05, 0) is 33.0 Å². The molecule has 94 valence electrons. The maximum Gasteiger partial charge on any atom is 0.271 e. The second kappa shape index (κ2) is 7.47. The van der Waals surface area contributed by atoms with Gasteiger partial charge in [0.15, 0.2) is 5.88 Å². The first kappa shape index (κ1) is 15.2. The average Bonchev–Trinajstić information content (AvgIpc) is 2.25. The van der Waals surface area contributed by atoms with Gasteiger partial charge < -0.3 is 10.4 Å². The van der Waals surface area contributed by atoms with Crippen LogP contribution in [0.15, 0.2) is 10.9 Å². The first-order valence-corrected chi connectivity index (χ1v) is 5.45. The van der Waals surface area contributed by atoms with E-state index in [0.717, 1.165) is 6.42 Å². The molecular formula is C12H19N3O2. The summed E-state index contributed by atoms with van der Waals surface area (Å²) in [6.07, 6.45) is 0.737. The molecule has 0 aliphatic carbocycles. The topological polar surface area (TPSA) is 78.1 Å². The Morgan fingerprint density at radius 1 is 1.53 bits per heavy atom. The second-order valence-electron chi connectivity index (χ2n) is 3.63. The lowest BCUT2D eigenvalue weighted by atomic mass is 10.1. The molecule has 1 rings (SSSR count). The molecule has 0 saturated heterocycles. The number of nitriles is 1. The predicted molar refractivity (Wildman–Crippen MR) is 67.1 cm³/mol. The largest absolute Gasteiger partial charge is 0.494 e. The molecule has 0 unspecified atom stereocenters. The third-order valence-corrected chi connectivity index (χ3v) is 2.03. The number of pyridine rings is 1. The van der Waals surface area contributed by atoms with Gasteiger partial charge in [-0.2, -0.15) is 5.26 Å². The van der Waals surface area contributed by atoms with Gasteiger partial charge in [-0.1, -0.05) is 6.92 Å². The van der Waals surface area contributed by atoms with Crippen molar-refractivity contribution in [2.24, 2.45) is 0 Å². The smallest absolute Gasteiger partial charge is 0.271 e. The lowest BCUT2D eigenvalue weighted by Gasteiger charge is -2.08. The quantitative estimate of drug-likeness (QED) is 0.803. The van der Waals surface area contributed by atoms with E-state index in [1.807, 2.05) is 27.1 Å². The fourth-order valence-corrected chi connectivity index (χ4v) is 1.33. The number of nitrogens with zero attached hydrogens (tertiary/aromatic N) is 2. The van der Waals surface area contributed by atoms with Gasteiger partial charge in [0, 0.05) is 12.6 Å². The molecule has 17 heavy (non-hydrogen) atoms. The number of aromatic hydroxyl groups is 1. The van der Waals surface area contributed by atoms with Crippen molar-refractivity contribution in [3.05, 3.63) is 27.5 Å². The SMILES string of the molecule is CCCn1c(O)cc(C)c(C#N)c1=O.CNC. The monoisotopic (exact) mass is 237 g/mol. The summed E-state index contributed by atoms with van der Waals surface area (Å²) in [5.41, 5.74) is 0.213. The molecule has 5 nitrogen and oxygen atoms in total. The number of aryl methyl sites for hydroxylation is 1. The number of aromatic nitrogens is 1. The third-order valence-electron chi connectivity index (χ3n) is 2.03. The van der Waals surface area contributed by atoms with E-state index < -0.39 is 5.56 Å². The lowest BCUT2D eigenvalue weighted by Crippen LogP contribution is -2.23. The molecule has 0 fully saturated rings. The molecule has 0 aliphatic heterocycles. The summed E-state index contributed by atoms with van der Waals surface area (Å²) in [6, 6.07) is 3.29. The molecule has 0 bridgehead atoms. The van der Waals surface area contributed by atoms with Crippen LogP contribution in [0.2, 0.25) is 0 Å². The van der Waals surface area contributed by atoms with Gasteiger partial charge in [-0.25, -0.2) is 0 Å². The fourth-order valence-electron chi connectivity index (χ4n) is 1.33. The maximum atomic E-state index is 11.6. The van der Waals surface area contributed by atoms with E-state index in [1.54, 1.807) is 6.92 Å². The first-order valence-electron chi connectivity index (χ1n) is 5.45. The van der Waals surface area contributed by atoms with Gasteiger partial charge in [0.1, 0.15) is 11.6 Å². The zero-order chi connectivity index (χ0) is 13.4. The Morgan fingerprint density at radius 2 is 2.06 bits per heavy atom. The van der Waals surface area contributed by atoms with E-state index in [1.165, 1.54) is 10.6 Å². The van der Waals surface area contributed by atoms with Crippen molar-refractivity contribution in [2.75, 3.05) is 14.1 Å². The Kier molecular flexibility index (Phi) is 6.68. The summed E-state index contributed by atoms with van der Waals surface area (Å²) in [4.78, 5) is 11.6. The van der Waals surface area contributed by atoms with Crippen LogP contribution in [-0.2, 0) is 6.54 Å². The highest BCUT2D eigenvalue weighted by Crippen LogP contribution is 2.11. The van der Waals surface area contributed by atoms with Gasteiger partial charge in [-0.15, -0.1) is 0 Å². The van der Waals surface area contributed by atoms with E-state index in [4.69, 9.17) is 5.26 Å². The predicted octanol–water partition coefficient (Wildman–Crippen LogP) is 0.980. The highest BCUT2D eigenvalue weighted by molar-refractivity contribution is 5.37. The Labute approximate surface area is 101 Å². The summed E-state index contributed by atoms with van der Waals surface area (Å²) < 4.78 is 1.21. The van der Waals surface area contributed by atoms with Crippen LogP contribution in [0.3, 0.4) is 0 Å². The summed E-state index contributed by atoms with van der Waals surface area (Å²) in [5.74, 6) is -0.0756. The van der Waals surface area contributed by atoms with Crippen LogP contribution in [0.5, 0.6) is 5.88 Å². The van der Waals surface area contributed by atoms with E-state index in [0.29, 0.717) is 12.1 Å². The van der Waals surface area contributed by atoms with E-state index >= 15 is 0 Å². The number of hydrogen-bond acceptors (Lipinski definition) is 4. The minimum atomic E-state index is -0.410. The Morgan fingerprint density at radius 3 is 2.47 bits per heavy atom. The van der Waals surface area contributed by atoms with Crippen LogP contribution in [0, 0.1) is 18.3 Å². The van der Waals surface area contributed by atoms with Crippen LogP contribution in [-0.4, -0.2) is 23.8 Å². The van der Waals surface area contributed by atoms with Crippen LogP contribution in [0.4, 0.5) is 0 Å². The van der Waals surface area contributed by atoms with Crippen molar-refractivity contribution in [1.82, 2.24) is 9.88 Å². The third kappa shape index (κ3) is 3.93. The number of nitrogens with one attached hydrogen (secondary N) is 1. The molecule has 2 N–H and O–H groups in total. The fraction of sp³-hybridized carbons (Fsp3) is 0.500. The van der Waals surface area contributed by atoms with Crippen LogP contribution in [0.25, 0.3) is 0 Å². The molecule has 1 aromatic rings. The van der Waals surface area contributed by atoms with E-state index in [2.05, 4.69) is 5.32 Å². The van der Waals surface area contributed by atoms with Crippen LogP contribution < -0.4 is 10.9 Å². The highest BCUT2D eigenvalue weighted by atomic mass is 16.3. The molecule has 0 atom stereocenters. The zero-order valence-corrected chi connectivity index (χ0v) is 10.7. The maximum absolute atomic E-state index is 11.6. The molecule has 0 amide bonds. The normalized spacial score (nSPS) is 9.12. The van der Waals surface area contributed by atoms with Gasteiger partial charge in [0.25, 0.3) is 5.56 Å². The summed E-state index contributed by atoms with van der Waals surface area (Å²) in [6.45, 7) is 3.97. The lowest BCUT2D eigenvalue weighted by molar-refractivity contribution is 0.404. The van der Waals surface area contributed by atoms with Crippen LogP contribution >= 0.6 is 0 Å². The summed E-state index contributed by atoms with van der Waals surface area (Å²) >= 11 is 0.